The lowest BCUT2D eigenvalue weighted by Crippen LogP contribution is -2.07. The minimum Gasteiger partial charge on any atom is -0.287 e. The van der Waals surface area contributed by atoms with Crippen molar-refractivity contribution in [3.8, 4) is 0 Å². The molecule has 0 saturated heterocycles. The van der Waals surface area contributed by atoms with Crippen molar-refractivity contribution in [3.63, 3.8) is 0 Å². The third kappa shape index (κ3) is 2.46. The minimum atomic E-state index is -0.326. The van der Waals surface area contributed by atoms with Crippen molar-refractivity contribution in [1.29, 1.82) is 0 Å². The van der Waals surface area contributed by atoms with E-state index in [1.54, 1.807) is 31.2 Å². The third-order valence-corrected chi connectivity index (χ3v) is 2.78. The van der Waals surface area contributed by atoms with E-state index in [0.29, 0.717) is 16.3 Å². The average Bonchev–Trinajstić information content (AvgIpc) is 2.29. The van der Waals surface area contributed by atoms with Gasteiger partial charge in [0.05, 0.1) is 10.7 Å². The molecule has 86 valence electrons. The predicted octanol–water partition coefficient (Wildman–Crippen LogP) is 3.32. The summed E-state index contributed by atoms with van der Waals surface area (Å²) < 4.78 is 0. The first kappa shape index (κ1) is 12.0. The van der Waals surface area contributed by atoms with Crippen LogP contribution >= 0.6 is 23.2 Å². The second-order valence-electron chi connectivity index (χ2n) is 3.46. The van der Waals surface area contributed by atoms with Crippen molar-refractivity contribution in [2.45, 2.75) is 6.92 Å². The van der Waals surface area contributed by atoms with E-state index in [1.165, 1.54) is 6.20 Å². The monoisotopic (exact) mass is 266 g/mol. The standard InChI is InChI=1S/C12H8Cl2N2O/c1-7-6-15-10(12(14)16-7)11(17)8-4-2-3-5-9(8)13/h2-6H,1H3. The Labute approximate surface area is 108 Å². The molecule has 0 N–H and O–H groups in total. The fourth-order valence-corrected chi connectivity index (χ4v) is 1.86. The molecule has 3 nitrogen and oxygen atoms in total. The Morgan fingerprint density at radius 2 is 1.94 bits per heavy atom. The van der Waals surface area contributed by atoms with Crippen LogP contribution in [-0.2, 0) is 0 Å². The second-order valence-corrected chi connectivity index (χ2v) is 4.22. The number of aromatic nitrogens is 2. The SMILES string of the molecule is Cc1cnc(C(=O)c2ccccc2Cl)c(Cl)n1. The molecule has 0 atom stereocenters. The molecule has 5 heteroatoms. The Bertz CT molecular complexity index is 584. The second kappa shape index (κ2) is 4.82. The van der Waals surface area contributed by atoms with Crippen molar-refractivity contribution in [3.05, 3.63) is 57.6 Å². The van der Waals surface area contributed by atoms with Gasteiger partial charge >= 0.3 is 0 Å². The maximum atomic E-state index is 12.1. The van der Waals surface area contributed by atoms with Gasteiger partial charge in [0.1, 0.15) is 5.69 Å². The Morgan fingerprint density at radius 3 is 2.59 bits per heavy atom. The normalized spacial score (nSPS) is 10.3. The van der Waals surface area contributed by atoms with Gasteiger partial charge in [-0.2, -0.15) is 0 Å². The van der Waals surface area contributed by atoms with Gasteiger partial charge in [-0.25, -0.2) is 9.97 Å². The van der Waals surface area contributed by atoms with Crippen LogP contribution in [0.3, 0.4) is 0 Å². The van der Waals surface area contributed by atoms with Crippen molar-refractivity contribution >= 4 is 29.0 Å². The molecule has 0 saturated carbocycles. The highest BCUT2D eigenvalue weighted by Gasteiger charge is 2.17. The first-order valence-electron chi connectivity index (χ1n) is 4.88. The van der Waals surface area contributed by atoms with Gasteiger partial charge in [-0.05, 0) is 19.1 Å². The van der Waals surface area contributed by atoms with Gasteiger partial charge in [-0.1, -0.05) is 35.3 Å². The summed E-state index contributed by atoms with van der Waals surface area (Å²) in [6.07, 6.45) is 1.50. The van der Waals surface area contributed by atoms with Crippen LogP contribution in [0.15, 0.2) is 30.5 Å². The van der Waals surface area contributed by atoms with E-state index in [9.17, 15) is 4.79 Å². The highest BCUT2D eigenvalue weighted by molar-refractivity contribution is 6.37. The van der Waals surface area contributed by atoms with Crippen molar-refractivity contribution < 1.29 is 4.79 Å². The number of hydrogen-bond acceptors (Lipinski definition) is 3. The van der Waals surface area contributed by atoms with E-state index in [4.69, 9.17) is 23.2 Å². The average molecular weight is 267 g/mol. The van der Waals surface area contributed by atoms with Gasteiger partial charge in [0, 0.05) is 11.8 Å². The zero-order valence-electron chi connectivity index (χ0n) is 8.95. The largest absolute Gasteiger partial charge is 0.287 e. The van der Waals surface area contributed by atoms with Gasteiger partial charge in [-0.15, -0.1) is 0 Å². The third-order valence-electron chi connectivity index (χ3n) is 2.18. The van der Waals surface area contributed by atoms with Crippen LogP contribution in [0.1, 0.15) is 21.7 Å². The lowest BCUT2D eigenvalue weighted by Gasteiger charge is -2.04. The van der Waals surface area contributed by atoms with E-state index < -0.39 is 0 Å². The lowest BCUT2D eigenvalue weighted by atomic mass is 10.1. The van der Waals surface area contributed by atoms with E-state index >= 15 is 0 Å². The molecule has 0 unspecified atom stereocenters. The maximum Gasteiger partial charge on any atom is 0.216 e. The number of rotatable bonds is 2. The van der Waals surface area contributed by atoms with Crippen molar-refractivity contribution in [2.24, 2.45) is 0 Å². The van der Waals surface area contributed by atoms with Gasteiger partial charge in [-0.3, -0.25) is 4.79 Å². The summed E-state index contributed by atoms with van der Waals surface area (Å²) in [6.45, 7) is 1.75. The van der Waals surface area contributed by atoms with Gasteiger partial charge in [0.2, 0.25) is 5.78 Å². The number of ketones is 1. The van der Waals surface area contributed by atoms with E-state index in [0.717, 1.165) is 0 Å². The van der Waals surface area contributed by atoms with E-state index in [1.807, 2.05) is 0 Å². The molecule has 1 aromatic heterocycles. The van der Waals surface area contributed by atoms with Crippen LogP contribution in [0.4, 0.5) is 0 Å². The molecule has 0 radical (unpaired) electrons. The van der Waals surface area contributed by atoms with Crippen LogP contribution in [0.5, 0.6) is 0 Å². The van der Waals surface area contributed by atoms with Crippen LogP contribution in [-0.4, -0.2) is 15.8 Å². The zero-order chi connectivity index (χ0) is 12.4. The smallest absolute Gasteiger partial charge is 0.216 e. The summed E-state index contributed by atoms with van der Waals surface area (Å²) in [5.41, 5.74) is 1.14. The molecule has 17 heavy (non-hydrogen) atoms. The minimum absolute atomic E-state index is 0.0925. The fraction of sp³-hybridized carbons (Fsp3) is 0.0833. The Balaban J connectivity index is 2.48. The summed E-state index contributed by atoms with van der Waals surface area (Å²) in [5.74, 6) is -0.326. The van der Waals surface area contributed by atoms with Crippen molar-refractivity contribution in [1.82, 2.24) is 9.97 Å². The zero-order valence-corrected chi connectivity index (χ0v) is 10.5. The topological polar surface area (TPSA) is 42.9 Å². The number of benzene rings is 1. The fourth-order valence-electron chi connectivity index (χ4n) is 1.37. The van der Waals surface area contributed by atoms with Crippen LogP contribution in [0.2, 0.25) is 10.2 Å². The summed E-state index contributed by atoms with van der Waals surface area (Å²) >= 11 is 11.8. The number of carbonyl (C=O) groups excluding carboxylic acids is 1. The summed E-state index contributed by atoms with van der Waals surface area (Å²) in [5, 5.41) is 0.464. The summed E-state index contributed by atoms with van der Waals surface area (Å²) in [7, 11) is 0. The predicted molar refractivity (Wildman–Crippen MR) is 66.7 cm³/mol. The number of carbonyl (C=O) groups is 1. The molecule has 0 fully saturated rings. The molecule has 2 aromatic rings. The van der Waals surface area contributed by atoms with Gasteiger partial charge < -0.3 is 0 Å². The highest BCUT2D eigenvalue weighted by Crippen LogP contribution is 2.21. The van der Waals surface area contributed by atoms with E-state index in [-0.39, 0.29) is 16.6 Å². The Kier molecular flexibility index (Phi) is 3.41. The molecule has 1 heterocycles. The number of aryl methyl sites for hydroxylation is 1. The molecular formula is C12H8Cl2N2O. The molecule has 0 spiro atoms. The number of halogens is 2. The first-order chi connectivity index (χ1) is 8.09. The van der Waals surface area contributed by atoms with E-state index in [2.05, 4.69) is 9.97 Å². The van der Waals surface area contributed by atoms with Gasteiger partial charge in [0.15, 0.2) is 5.15 Å². The molecule has 0 bridgehead atoms. The molecule has 0 aliphatic carbocycles. The number of hydrogen-bond donors (Lipinski definition) is 0. The first-order valence-corrected chi connectivity index (χ1v) is 5.63. The maximum absolute atomic E-state index is 12.1. The number of nitrogens with zero attached hydrogens (tertiary/aromatic N) is 2. The van der Waals surface area contributed by atoms with Crippen LogP contribution in [0.25, 0.3) is 0 Å². The molecule has 1 aromatic carbocycles. The highest BCUT2D eigenvalue weighted by atomic mass is 35.5. The van der Waals surface area contributed by atoms with Crippen LogP contribution in [0, 0.1) is 6.92 Å². The van der Waals surface area contributed by atoms with Crippen molar-refractivity contribution in [2.75, 3.05) is 0 Å². The lowest BCUT2D eigenvalue weighted by molar-refractivity contribution is 0.103. The Hall–Kier alpha value is -1.45. The van der Waals surface area contributed by atoms with Crippen LogP contribution < -0.4 is 0 Å². The molecule has 0 amide bonds. The Morgan fingerprint density at radius 1 is 1.24 bits per heavy atom. The molecule has 0 aliphatic heterocycles. The van der Waals surface area contributed by atoms with Gasteiger partial charge in [0.25, 0.3) is 0 Å². The molecule has 2 rings (SSSR count). The quantitative estimate of drug-likeness (QED) is 0.784. The summed E-state index contributed by atoms with van der Waals surface area (Å²) in [6, 6.07) is 6.75. The molecular weight excluding hydrogens is 259 g/mol. The summed E-state index contributed by atoms with van der Waals surface area (Å²) in [4.78, 5) is 20.1. The molecule has 0 aliphatic rings.